The van der Waals surface area contributed by atoms with E-state index in [2.05, 4.69) is 10.5 Å². The van der Waals surface area contributed by atoms with Crippen molar-refractivity contribution < 1.29 is 13.7 Å². The molecule has 0 spiro atoms. The quantitative estimate of drug-likeness (QED) is 0.905. The molecule has 2 heterocycles. The smallest absolute Gasteiger partial charge is 0.259 e. The molecule has 22 heavy (non-hydrogen) atoms. The number of piperidine rings is 1. The minimum absolute atomic E-state index is 0.146. The first-order valence-corrected chi connectivity index (χ1v) is 8.09. The van der Waals surface area contributed by atoms with Crippen LogP contribution in [-0.2, 0) is 11.3 Å². The number of hydrogen-bond donors (Lipinski definition) is 1. The Labute approximate surface area is 130 Å². The number of halogens is 1. The van der Waals surface area contributed by atoms with E-state index in [-0.39, 0.29) is 6.54 Å². The van der Waals surface area contributed by atoms with Gasteiger partial charge in [-0.3, -0.25) is 9.69 Å². The monoisotopic (exact) mass is 309 g/mol. The second kappa shape index (κ2) is 5.99. The maximum Gasteiger partial charge on any atom is 0.259 e. The van der Waals surface area contributed by atoms with Gasteiger partial charge in [-0.1, -0.05) is 5.16 Å². The standard InChI is InChI=1S/C16H24FN3O2/c1-11-14(12(2)22-19-11)9-20-7-3-6-16(17,10-20)15(21)18-8-13-4-5-13/h13H,3-10H2,1-2H3,(H,18,21). The van der Waals surface area contributed by atoms with E-state index >= 15 is 4.39 Å². The van der Waals surface area contributed by atoms with Crippen LogP contribution in [0.1, 0.15) is 42.7 Å². The van der Waals surface area contributed by atoms with Crippen molar-refractivity contribution in [1.29, 1.82) is 0 Å². The van der Waals surface area contributed by atoms with Crippen LogP contribution < -0.4 is 5.32 Å². The Morgan fingerprint density at radius 1 is 1.50 bits per heavy atom. The fourth-order valence-electron chi connectivity index (χ4n) is 3.08. The van der Waals surface area contributed by atoms with Gasteiger partial charge in [0.1, 0.15) is 5.76 Å². The first kappa shape index (κ1) is 15.5. The molecular formula is C16H24FN3O2. The molecule has 2 fully saturated rings. The summed E-state index contributed by atoms with van der Waals surface area (Å²) in [6.45, 7) is 5.90. The number of aryl methyl sites for hydroxylation is 2. The van der Waals surface area contributed by atoms with Gasteiger partial charge < -0.3 is 9.84 Å². The van der Waals surface area contributed by atoms with Crippen molar-refractivity contribution in [3.8, 4) is 0 Å². The Morgan fingerprint density at radius 2 is 2.27 bits per heavy atom. The predicted molar refractivity (Wildman–Crippen MR) is 80.1 cm³/mol. The van der Waals surface area contributed by atoms with Gasteiger partial charge in [-0.2, -0.15) is 0 Å². The number of hydrogen-bond acceptors (Lipinski definition) is 4. The van der Waals surface area contributed by atoms with Crippen molar-refractivity contribution in [2.75, 3.05) is 19.6 Å². The van der Waals surface area contributed by atoms with Gasteiger partial charge in [0.25, 0.3) is 5.91 Å². The van der Waals surface area contributed by atoms with Crippen LogP contribution in [0.4, 0.5) is 4.39 Å². The fraction of sp³-hybridized carbons (Fsp3) is 0.750. The third-order valence-corrected chi connectivity index (χ3v) is 4.74. The number of aromatic nitrogens is 1. The summed E-state index contributed by atoms with van der Waals surface area (Å²) in [5, 5.41) is 6.72. The molecule has 1 saturated carbocycles. The van der Waals surface area contributed by atoms with Gasteiger partial charge >= 0.3 is 0 Å². The van der Waals surface area contributed by atoms with E-state index in [9.17, 15) is 4.79 Å². The second-order valence-electron chi connectivity index (χ2n) is 6.74. The summed E-state index contributed by atoms with van der Waals surface area (Å²) in [5.41, 5.74) is 0.0694. The number of likely N-dealkylation sites (tertiary alicyclic amines) is 1. The Kier molecular flexibility index (Phi) is 4.21. The molecule has 1 amide bonds. The van der Waals surface area contributed by atoms with Gasteiger partial charge in [-0.25, -0.2) is 4.39 Å². The van der Waals surface area contributed by atoms with Gasteiger partial charge in [0, 0.05) is 25.2 Å². The number of amides is 1. The Balaban J connectivity index is 1.61. The molecule has 1 aromatic rings. The van der Waals surface area contributed by atoms with Crippen LogP contribution in [0, 0.1) is 19.8 Å². The van der Waals surface area contributed by atoms with Crippen LogP contribution >= 0.6 is 0 Å². The topological polar surface area (TPSA) is 58.4 Å². The lowest BCUT2D eigenvalue weighted by Crippen LogP contribution is -2.54. The second-order valence-corrected chi connectivity index (χ2v) is 6.74. The summed E-state index contributed by atoms with van der Waals surface area (Å²) in [5.74, 6) is 0.892. The molecule has 1 aromatic heterocycles. The molecule has 1 aliphatic carbocycles. The molecule has 0 aromatic carbocycles. The molecular weight excluding hydrogens is 285 g/mol. The molecule has 122 valence electrons. The van der Waals surface area contributed by atoms with E-state index in [4.69, 9.17) is 4.52 Å². The van der Waals surface area contributed by atoms with Crippen molar-refractivity contribution >= 4 is 5.91 Å². The first-order valence-electron chi connectivity index (χ1n) is 8.09. The number of rotatable bonds is 5. The zero-order valence-electron chi connectivity index (χ0n) is 13.3. The van der Waals surface area contributed by atoms with Crippen LogP contribution in [0.3, 0.4) is 0 Å². The molecule has 1 unspecified atom stereocenters. The Hall–Kier alpha value is -1.43. The molecule has 2 aliphatic rings. The summed E-state index contributed by atoms with van der Waals surface area (Å²) in [7, 11) is 0. The number of carbonyl (C=O) groups is 1. The van der Waals surface area contributed by atoms with Gasteiger partial charge in [0.05, 0.1) is 5.69 Å². The maximum absolute atomic E-state index is 15.0. The van der Waals surface area contributed by atoms with Crippen molar-refractivity contribution in [1.82, 2.24) is 15.4 Å². The van der Waals surface area contributed by atoms with Crippen LogP contribution in [0.5, 0.6) is 0 Å². The number of carbonyl (C=O) groups excluding carboxylic acids is 1. The van der Waals surface area contributed by atoms with Crippen molar-refractivity contribution in [2.45, 2.75) is 51.7 Å². The van der Waals surface area contributed by atoms with Crippen LogP contribution in [-0.4, -0.2) is 41.3 Å². The lowest BCUT2D eigenvalue weighted by Gasteiger charge is -2.36. The minimum Gasteiger partial charge on any atom is -0.361 e. The van der Waals surface area contributed by atoms with Crippen molar-refractivity contribution in [3.05, 3.63) is 17.0 Å². The number of alkyl halides is 1. The summed E-state index contributed by atoms with van der Waals surface area (Å²) >= 11 is 0. The van der Waals surface area contributed by atoms with Crippen LogP contribution in [0.2, 0.25) is 0 Å². The van der Waals surface area contributed by atoms with E-state index in [1.807, 2.05) is 18.7 Å². The number of nitrogens with one attached hydrogen (secondary N) is 1. The van der Waals surface area contributed by atoms with Crippen molar-refractivity contribution in [2.24, 2.45) is 5.92 Å². The van der Waals surface area contributed by atoms with E-state index < -0.39 is 11.6 Å². The Morgan fingerprint density at radius 3 is 2.91 bits per heavy atom. The normalized spacial score (nSPS) is 26.1. The summed E-state index contributed by atoms with van der Waals surface area (Å²) in [6, 6.07) is 0. The third kappa shape index (κ3) is 3.32. The van der Waals surface area contributed by atoms with Crippen LogP contribution in [0.25, 0.3) is 0 Å². The highest BCUT2D eigenvalue weighted by atomic mass is 19.1. The van der Waals surface area contributed by atoms with Crippen LogP contribution in [0.15, 0.2) is 4.52 Å². The molecule has 0 bridgehead atoms. The van der Waals surface area contributed by atoms with Gasteiger partial charge in [-0.05, 0) is 52.0 Å². The summed E-state index contributed by atoms with van der Waals surface area (Å²) < 4.78 is 20.2. The van der Waals surface area contributed by atoms with Gasteiger partial charge in [0.2, 0.25) is 5.67 Å². The highest BCUT2D eigenvalue weighted by molar-refractivity contribution is 5.85. The lowest BCUT2D eigenvalue weighted by atomic mass is 9.93. The molecule has 1 atom stereocenters. The average molecular weight is 309 g/mol. The minimum atomic E-state index is -1.77. The maximum atomic E-state index is 15.0. The largest absolute Gasteiger partial charge is 0.361 e. The Bertz CT molecular complexity index is 536. The van der Waals surface area contributed by atoms with Gasteiger partial charge in [0.15, 0.2) is 0 Å². The van der Waals surface area contributed by atoms with E-state index in [1.165, 1.54) is 0 Å². The molecule has 1 saturated heterocycles. The van der Waals surface area contributed by atoms with E-state index in [0.717, 1.165) is 36.4 Å². The lowest BCUT2D eigenvalue weighted by molar-refractivity contribution is -0.136. The third-order valence-electron chi connectivity index (χ3n) is 4.74. The molecule has 6 heteroatoms. The molecule has 1 N–H and O–H groups in total. The van der Waals surface area contributed by atoms with E-state index in [0.29, 0.717) is 31.8 Å². The highest BCUT2D eigenvalue weighted by Crippen LogP contribution is 2.30. The fourth-order valence-corrected chi connectivity index (χ4v) is 3.08. The average Bonchev–Trinajstić information content (AvgIpc) is 3.27. The zero-order valence-corrected chi connectivity index (χ0v) is 13.3. The first-order chi connectivity index (χ1) is 10.5. The summed E-state index contributed by atoms with van der Waals surface area (Å²) in [6.07, 6.45) is 3.30. The SMILES string of the molecule is Cc1noc(C)c1CN1CCCC(F)(C(=O)NCC2CC2)C1. The van der Waals surface area contributed by atoms with E-state index in [1.54, 1.807) is 0 Å². The zero-order chi connectivity index (χ0) is 15.7. The summed E-state index contributed by atoms with van der Waals surface area (Å²) in [4.78, 5) is 14.2. The molecule has 3 rings (SSSR count). The number of nitrogens with zero attached hydrogens (tertiary/aromatic N) is 2. The molecule has 5 nitrogen and oxygen atoms in total. The van der Waals surface area contributed by atoms with Crippen molar-refractivity contribution in [3.63, 3.8) is 0 Å². The highest BCUT2D eigenvalue weighted by Gasteiger charge is 2.43. The predicted octanol–water partition coefficient (Wildman–Crippen LogP) is 2.12. The molecule has 0 radical (unpaired) electrons. The van der Waals surface area contributed by atoms with Gasteiger partial charge in [-0.15, -0.1) is 0 Å². The molecule has 1 aliphatic heterocycles.